The van der Waals surface area contributed by atoms with Crippen molar-refractivity contribution in [3.05, 3.63) is 53.7 Å². The summed E-state index contributed by atoms with van der Waals surface area (Å²) in [5.41, 5.74) is 0. The van der Waals surface area contributed by atoms with E-state index in [9.17, 15) is 21.6 Å². The van der Waals surface area contributed by atoms with Gasteiger partial charge in [0.1, 0.15) is 10.7 Å². The van der Waals surface area contributed by atoms with Crippen LogP contribution >= 0.6 is 0 Å². The summed E-state index contributed by atoms with van der Waals surface area (Å²) >= 11 is 0. The normalized spacial score (nSPS) is 13.4. The van der Waals surface area contributed by atoms with E-state index in [1.54, 1.807) is 6.07 Å². The van der Waals surface area contributed by atoms with Gasteiger partial charge in [0.15, 0.2) is 17.5 Å². The molecule has 2 rings (SSSR count). The van der Waals surface area contributed by atoms with E-state index in [-0.39, 0.29) is 0 Å². The number of halogens is 3. The second-order valence-electron chi connectivity index (χ2n) is 4.03. The minimum Gasteiger partial charge on any atom is -0.468 e. The first kappa shape index (κ1) is 14.6. The Morgan fingerprint density at radius 1 is 1.15 bits per heavy atom. The number of hydrogen-bond acceptors (Lipinski definition) is 3. The fourth-order valence-corrected chi connectivity index (χ4v) is 2.89. The van der Waals surface area contributed by atoms with Crippen molar-refractivity contribution in [3.63, 3.8) is 0 Å². The average molecular weight is 305 g/mol. The van der Waals surface area contributed by atoms with E-state index < -0.39 is 38.4 Å². The van der Waals surface area contributed by atoms with Gasteiger partial charge in [-0.25, -0.2) is 26.3 Å². The van der Waals surface area contributed by atoms with Gasteiger partial charge in [-0.1, -0.05) is 0 Å². The number of nitrogens with one attached hydrogen (secondary N) is 1. The molecule has 1 aromatic heterocycles. The van der Waals surface area contributed by atoms with Gasteiger partial charge in [-0.2, -0.15) is 0 Å². The smallest absolute Gasteiger partial charge is 0.244 e. The first-order valence-corrected chi connectivity index (χ1v) is 7.00. The third kappa shape index (κ3) is 2.70. The summed E-state index contributed by atoms with van der Waals surface area (Å²) in [5, 5.41) is 0. The maximum Gasteiger partial charge on any atom is 0.244 e. The standard InChI is InChI=1S/C12H10F3NO3S/c1-7(9-3-2-6-19-9)16-20(17,18)10-5-4-8(13)11(14)12(10)15/h2-7,16H,1H3/t7-/m1/s1. The number of furan rings is 1. The molecule has 4 nitrogen and oxygen atoms in total. The molecule has 2 aromatic rings. The molecule has 0 bridgehead atoms. The highest BCUT2D eigenvalue weighted by Gasteiger charge is 2.26. The largest absolute Gasteiger partial charge is 0.468 e. The van der Waals surface area contributed by atoms with E-state index in [1.165, 1.54) is 19.3 Å². The molecule has 1 atom stereocenters. The molecular weight excluding hydrogens is 295 g/mol. The highest BCUT2D eigenvalue weighted by atomic mass is 32.2. The fraction of sp³-hybridized carbons (Fsp3) is 0.167. The number of hydrogen-bond donors (Lipinski definition) is 1. The summed E-state index contributed by atoms with van der Waals surface area (Å²) in [6, 6.07) is 3.49. The van der Waals surface area contributed by atoms with Crippen molar-refractivity contribution in [2.75, 3.05) is 0 Å². The molecule has 0 spiro atoms. The van der Waals surface area contributed by atoms with Gasteiger partial charge in [0.25, 0.3) is 0 Å². The first-order valence-electron chi connectivity index (χ1n) is 5.52. The van der Waals surface area contributed by atoms with Gasteiger partial charge >= 0.3 is 0 Å². The lowest BCUT2D eigenvalue weighted by atomic mass is 10.3. The SMILES string of the molecule is C[C@@H](NS(=O)(=O)c1ccc(F)c(F)c1F)c1ccco1. The zero-order valence-electron chi connectivity index (χ0n) is 10.2. The molecule has 0 fully saturated rings. The molecule has 1 aromatic carbocycles. The molecule has 8 heteroatoms. The highest BCUT2D eigenvalue weighted by Crippen LogP contribution is 2.22. The lowest BCUT2D eigenvalue weighted by molar-refractivity contribution is 0.429. The van der Waals surface area contributed by atoms with Crippen LogP contribution in [-0.4, -0.2) is 8.42 Å². The molecule has 0 aliphatic heterocycles. The summed E-state index contributed by atoms with van der Waals surface area (Å²) in [6.07, 6.45) is 1.35. The van der Waals surface area contributed by atoms with Gasteiger partial charge in [-0.3, -0.25) is 0 Å². The summed E-state index contributed by atoms with van der Waals surface area (Å²) in [6.45, 7) is 1.47. The molecule has 0 amide bonds. The molecule has 1 heterocycles. The maximum atomic E-state index is 13.5. The molecule has 108 valence electrons. The van der Waals surface area contributed by atoms with E-state index in [4.69, 9.17) is 4.42 Å². The summed E-state index contributed by atoms with van der Waals surface area (Å²) < 4.78 is 70.3. The fourth-order valence-electron chi connectivity index (χ4n) is 1.61. The second-order valence-corrected chi connectivity index (χ2v) is 5.71. The van der Waals surface area contributed by atoms with Crippen molar-refractivity contribution in [2.24, 2.45) is 0 Å². The number of sulfonamides is 1. The van der Waals surface area contributed by atoms with E-state index >= 15 is 0 Å². The van der Waals surface area contributed by atoms with E-state index in [1.807, 2.05) is 0 Å². The topological polar surface area (TPSA) is 59.3 Å². The lowest BCUT2D eigenvalue weighted by Crippen LogP contribution is -2.27. The Hall–Kier alpha value is -1.80. The van der Waals surface area contributed by atoms with Crippen LogP contribution in [0.5, 0.6) is 0 Å². The van der Waals surface area contributed by atoms with Crippen molar-refractivity contribution in [2.45, 2.75) is 17.9 Å². The zero-order valence-corrected chi connectivity index (χ0v) is 11.0. The summed E-state index contributed by atoms with van der Waals surface area (Å²) in [7, 11) is -4.35. The van der Waals surface area contributed by atoms with Gasteiger partial charge in [0.05, 0.1) is 12.3 Å². The molecule has 0 radical (unpaired) electrons. The van der Waals surface area contributed by atoms with Crippen molar-refractivity contribution in [1.29, 1.82) is 0 Å². The second kappa shape index (κ2) is 5.29. The van der Waals surface area contributed by atoms with Crippen LogP contribution < -0.4 is 4.72 Å². The third-order valence-corrected chi connectivity index (χ3v) is 4.15. The predicted octanol–water partition coefficient (Wildman–Crippen LogP) is 2.74. The van der Waals surface area contributed by atoms with Crippen LogP contribution in [-0.2, 0) is 10.0 Å². The van der Waals surface area contributed by atoms with E-state index in [2.05, 4.69) is 4.72 Å². The lowest BCUT2D eigenvalue weighted by Gasteiger charge is -2.12. The minimum absolute atomic E-state index is 0.302. The van der Waals surface area contributed by atoms with Gasteiger partial charge in [0.2, 0.25) is 10.0 Å². The summed E-state index contributed by atoms with van der Waals surface area (Å²) in [4.78, 5) is -0.963. The Bertz CT molecular complexity index is 714. The Balaban J connectivity index is 2.34. The van der Waals surface area contributed by atoms with Crippen LogP contribution in [0.2, 0.25) is 0 Å². The summed E-state index contributed by atoms with van der Waals surface area (Å²) in [5.74, 6) is -4.75. The Kier molecular flexibility index (Phi) is 3.87. The third-order valence-electron chi connectivity index (χ3n) is 2.59. The minimum atomic E-state index is -4.35. The van der Waals surface area contributed by atoms with Crippen LogP contribution in [0.3, 0.4) is 0 Å². The molecule has 0 aliphatic rings. The zero-order chi connectivity index (χ0) is 14.9. The molecule has 0 unspecified atom stereocenters. The average Bonchev–Trinajstić information content (AvgIpc) is 2.89. The van der Waals surface area contributed by atoms with Crippen LogP contribution in [0, 0.1) is 17.5 Å². The molecule has 20 heavy (non-hydrogen) atoms. The molecule has 0 aliphatic carbocycles. The van der Waals surface area contributed by atoms with Crippen LogP contribution in [0.15, 0.2) is 39.8 Å². The maximum absolute atomic E-state index is 13.5. The number of rotatable bonds is 4. The van der Waals surface area contributed by atoms with Crippen LogP contribution in [0.4, 0.5) is 13.2 Å². The molecule has 1 N–H and O–H groups in total. The monoisotopic (exact) mass is 305 g/mol. The highest BCUT2D eigenvalue weighted by molar-refractivity contribution is 7.89. The Morgan fingerprint density at radius 2 is 1.85 bits per heavy atom. The van der Waals surface area contributed by atoms with E-state index in [0.717, 1.165) is 0 Å². The molecular formula is C12H10F3NO3S. The van der Waals surface area contributed by atoms with Crippen molar-refractivity contribution in [3.8, 4) is 0 Å². The van der Waals surface area contributed by atoms with Gasteiger partial charge in [0, 0.05) is 0 Å². The van der Waals surface area contributed by atoms with Crippen molar-refractivity contribution < 1.29 is 26.0 Å². The van der Waals surface area contributed by atoms with Crippen molar-refractivity contribution >= 4 is 10.0 Å². The Labute approximate surface area is 113 Å². The quantitative estimate of drug-likeness (QED) is 0.884. The van der Waals surface area contributed by atoms with Gasteiger partial charge in [-0.15, -0.1) is 0 Å². The van der Waals surface area contributed by atoms with E-state index in [0.29, 0.717) is 17.9 Å². The molecule has 0 saturated heterocycles. The number of benzene rings is 1. The van der Waals surface area contributed by atoms with Gasteiger partial charge in [-0.05, 0) is 31.2 Å². The molecule has 0 saturated carbocycles. The predicted molar refractivity (Wildman–Crippen MR) is 63.8 cm³/mol. The van der Waals surface area contributed by atoms with Gasteiger partial charge < -0.3 is 4.42 Å². The van der Waals surface area contributed by atoms with Crippen LogP contribution in [0.1, 0.15) is 18.7 Å². The first-order chi connectivity index (χ1) is 9.33. The van der Waals surface area contributed by atoms with Crippen molar-refractivity contribution in [1.82, 2.24) is 4.72 Å². The Morgan fingerprint density at radius 3 is 2.45 bits per heavy atom. The van der Waals surface area contributed by atoms with Crippen LogP contribution in [0.25, 0.3) is 0 Å².